The van der Waals surface area contributed by atoms with Crippen molar-refractivity contribution in [3.05, 3.63) is 35.9 Å². The van der Waals surface area contributed by atoms with E-state index in [1.54, 1.807) is 12.1 Å². The van der Waals surface area contributed by atoms with Crippen LogP contribution in [0.25, 0.3) is 0 Å². The van der Waals surface area contributed by atoms with E-state index in [4.69, 9.17) is 9.29 Å². The van der Waals surface area contributed by atoms with E-state index >= 15 is 0 Å². The van der Waals surface area contributed by atoms with E-state index in [9.17, 15) is 8.42 Å². The SMILES string of the molecule is O=S(=O)(Cc1ccccc1)OCCCCCCCO. The van der Waals surface area contributed by atoms with E-state index in [1.165, 1.54) is 0 Å². The van der Waals surface area contributed by atoms with Gasteiger partial charge in [-0.3, -0.25) is 4.18 Å². The molecule has 0 bridgehead atoms. The third-order valence-corrected chi connectivity index (χ3v) is 3.96. The molecule has 19 heavy (non-hydrogen) atoms. The molecule has 0 radical (unpaired) electrons. The highest BCUT2D eigenvalue weighted by molar-refractivity contribution is 7.85. The minimum atomic E-state index is -3.47. The summed E-state index contributed by atoms with van der Waals surface area (Å²) >= 11 is 0. The zero-order chi connectivity index (χ0) is 14.0. The Bertz CT molecular complexity index is 428. The fraction of sp³-hybridized carbons (Fsp3) is 0.571. The van der Waals surface area contributed by atoms with Crippen molar-refractivity contribution < 1.29 is 17.7 Å². The maximum absolute atomic E-state index is 11.7. The molecule has 0 heterocycles. The van der Waals surface area contributed by atoms with Gasteiger partial charge >= 0.3 is 0 Å². The number of hydrogen-bond donors (Lipinski definition) is 1. The van der Waals surface area contributed by atoms with Crippen LogP contribution in [0, 0.1) is 0 Å². The fourth-order valence-electron chi connectivity index (χ4n) is 1.75. The quantitative estimate of drug-likeness (QED) is 0.530. The number of hydrogen-bond acceptors (Lipinski definition) is 4. The lowest BCUT2D eigenvalue weighted by Gasteiger charge is -2.05. The third-order valence-electron chi connectivity index (χ3n) is 2.75. The van der Waals surface area contributed by atoms with E-state index in [0.29, 0.717) is 0 Å². The molecule has 0 atom stereocenters. The zero-order valence-corrected chi connectivity index (χ0v) is 11.9. The number of unbranched alkanes of at least 4 members (excludes halogenated alkanes) is 4. The lowest BCUT2D eigenvalue weighted by Crippen LogP contribution is -2.09. The molecular formula is C14H22O4S. The van der Waals surface area contributed by atoms with Crippen LogP contribution < -0.4 is 0 Å². The topological polar surface area (TPSA) is 63.6 Å². The van der Waals surface area contributed by atoms with Crippen molar-refractivity contribution in [2.24, 2.45) is 0 Å². The van der Waals surface area contributed by atoms with E-state index in [0.717, 1.165) is 37.7 Å². The predicted molar refractivity (Wildman–Crippen MR) is 75.2 cm³/mol. The minimum absolute atomic E-state index is 0.0711. The highest BCUT2D eigenvalue weighted by Gasteiger charge is 2.11. The Kier molecular flexibility index (Phi) is 7.70. The van der Waals surface area contributed by atoms with Gasteiger partial charge in [0.05, 0.1) is 6.61 Å². The second kappa shape index (κ2) is 9.07. The van der Waals surface area contributed by atoms with Crippen LogP contribution in [0.3, 0.4) is 0 Å². The average Bonchev–Trinajstić information content (AvgIpc) is 2.38. The summed E-state index contributed by atoms with van der Waals surface area (Å²) < 4.78 is 28.3. The molecule has 0 aliphatic carbocycles. The van der Waals surface area contributed by atoms with Crippen molar-refractivity contribution in [1.82, 2.24) is 0 Å². The summed E-state index contributed by atoms with van der Waals surface area (Å²) in [6, 6.07) is 9.02. The second-order valence-electron chi connectivity index (χ2n) is 4.50. The van der Waals surface area contributed by atoms with E-state index in [-0.39, 0.29) is 19.0 Å². The van der Waals surface area contributed by atoms with Gasteiger partial charge in [-0.1, -0.05) is 49.6 Å². The Labute approximate surface area is 115 Å². The molecule has 0 saturated carbocycles. The molecule has 5 heteroatoms. The molecule has 0 aliphatic heterocycles. The van der Waals surface area contributed by atoms with Crippen LogP contribution in [0.5, 0.6) is 0 Å². The maximum atomic E-state index is 11.7. The van der Waals surface area contributed by atoms with E-state index < -0.39 is 10.1 Å². The molecule has 0 spiro atoms. The Hall–Kier alpha value is -0.910. The van der Waals surface area contributed by atoms with Crippen LogP contribution in [0.1, 0.15) is 37.7 Å². The third kappa shape index (κ3) is 7.97. The Balaban J connectivity index is 2.17. The van der Waals surface area contributed by atoms with Gasteiger partial charge in [-0.15, -0.1) is 0 Å². The van der Waals surface area contributed by atoms with Crippen molar-refractivity contribution in [3.63, 3.8) is 0 Å². The monoisotopic (exact) mass is 286 g/mol. The lowest BCUT2D eigenvalue weighted by atomic mass is 10.2. The number of aliphatic hydroxyl groups is 1. The number of rotatable bonds is 10. The first kappa shape index (κ1) is 16.1. The second-order valence-corrected chi connectivity index (χ2v) is 6.14. The van der Waals surface area contributed by atoms with Crippen LogP contribution in [-0.4, -0.2) is 26.7 Å². The first-order chi connectivity index (χ1) is 9.14. The molecule has 1 N–H and O–H groups in total. The fourth-order valence-corrected chi connectivity index (χ4v) is 2.81. The normalized spacial score (nSPS) is 11.6. The summed E-state index contributed by atoms with van der Waals surface area (Å²) in [4.78, 5) is 0. The van der Waals surface area contributed by atoms with Crippen molar-refractivity contribution in [3.8, 4) is 0 Å². The van der Waals surface area contributed by atoms with Crippen molar-refractivity contribution >= 4 is 10.1 Å². The van der Waals surface area contributed by atoms with Gasteiger partial charge in [-0.05, 0) is 18.4 Å². The van der Waals surface area contributed by atoms with Gasteiger partial charge in [0.15, 0.2) is 0 Å². The molecule has 4 nitrogen and oxygen atoms in total. The molecule has 0 saturated heterocycles. The smallest absolute Gasteiger partial charge is 0.271 e. The van der Waals surface area contributed by atoms with Crippen molar-refractivity contribution in [2.75, 3.05) is 13.2 Å². The highest BCUT2D eigenvalue weighted by Crippen LogP contribution is 2.09. The van der Waals surface area contributed by atoms with Crippen molar-refractivity contribution in [1.29, 1.82) is 0 Å². The van der Waals surface area contributed by atoms with Crippen LogP contribution in [-0.2, 0) is 20.1 Å². The van der Waals surface area contributed by atoms with E-state index in [1.807, 2.05) is 18.2 Å². The van der Waals surface area contributed by atoms with Gasteiger partial charge in [0.25, 0.3) is 10.1 Å². The van der Waals surface area contributed by atoms with Gasteiger partial charge in [0.2, 0.25) is 0 Å². The molecule has 0 fully saturated rings. The Morgan fingerprint density at radius 1 is 0.947 bits per heavy atom. The first-order valence-electron chi connectivity index (χ1n) is 6.66. The van der Waals surface area contributed by atoms with E-state index in [2.05, 4.69) is 0 Å². The molecule has 0 unspecified atom stereocenters. The lowest BCUT2D eigenvalue weighted by molar-refractivity contribution is 0.279. The van der Waals surface area contributed by atoms with Crippen LogP contribution >= 0.6 is 0 Å². The Morgan fingerprint density at radius 2 is 1.58 bits per heavy atom. The first-order valence-corrected chi connectivity index (χ1v) is 8.24. The van der Waals surface area contributed by atoms with Crippen LogP contribution in [0.15, 0.2) is 30.3 Å². The average molecular weight is 286 g/mol. The molecule has 0 aromatic heterocycles. The van der Waals surface area contributed by atoms with Gasteiger partial charge in [-0.2, -0.15) is 8.42 Å². The number of benzene rings is 1. The highest BCUT2D eigenvalue weighted by atomic mass is 32.2. The largest absolute Gasteiger partial charge is 0.396 e. The van der Waals surface area contributed by atoms with Gasteiger partial charge < -0.3 is 5.11 Å². The minimum Gasteiger partial charge on any atom is -0.396 e. The maximum Gasteiger partial charge on any atom is 0.271 e. The molecule has 1 aromatic rings. The Morgan fingerprint density at radius 3 is 2.26 bits per heavy atom. The van der Waals surface area contributed by atoms with Gasteiger partial charge in [0, 0.05) is 6.61 Å². The summed E-state index contributed by atoms with van der Waals surface area (Å²) in [5, 5.41) is 8.61. The standard InChI is InChI=1S/C14H22O4S/c15-11-7-2-1-3-8-12-18-19(16,17)13-14-9-5-4-6-10-14/h4-6,9-10,15H,1-3,7-8,11-13H2. The molecule has 1 rings (SSSR count). The summed E-state index contributed by atoms with van der Waals surface area (Å²) in [7, 11) is -3.47. The summed E-state index contributed by atoms with van der Waals surface area (Å²) in [6.07, 6.45) is 4.46. The van der Waals surface area contributed by atoms with Crippen LogP contribution in [0.4, 0.5) is 0 Å². The van der Waals surface area contributed by atoms with Gasteiger partial charge in [-0.25, -0.2) is 0 Å². The van der Waals surface area contributed by atoms with Gasteiger partial charge in [0.1, 0.15) is 5.75 Å². The molecule has 0 aliphatic rings. The molecule has 108 valence electrons. The molecule has 0 amide bonds. The zero-order valence-electron chi connectivity index (χ0n) is 11.1. The summed E-state index contributed by atoms with van der Waals surface area (Å²) in [5.41, 5.74) is 0.741. The summed E-state index contributed by atoms with van der Waals surface area (Å²) in [6.45, 7) is 0.468. The van der Waals surface area contributed by atoms with Crippen molar-refractivity contribution in [2.45, 2.75) is 37.9 Å². The molecule has 1 aromatic carbocycles. The molecular weight excluding hydrogens is 264 g/mol. The predicted octanol–water partition coefficient (Wildman–Crippen LogP) is 2.48. The van der Waals surface area contributed by atoms with Crippen LogP contribution in [0.2, 0.25) is 0 Å². The summed E-state index contributed by atoms with van der Waals surface area (Å²) in [5.74, 6) is -0.0711. The number of aliphatic hydroxyl groups excluding tert-OH is 1.